The van der Waals surface area contributed by atoms with Crippen LogP contribution in [0.5, 0.6) is 0 Å². The SMILES string of the molecule is CC.Cc1ccc(-c2cnnc(Nc3ccnc(N4CCOCC4)n3)c2)cc1. The first-order chi connectivity index (χ1) is 13.8. The second-order valence-electron chi connectivity index (χ2n) is 6.16. The highest BCUT2D eigenvalue weighted by molar-refractivity contribution is 5.67. The number of rotatable bonds is 4. The summed E-state index contributed by atoms with van der Waals surface area (Å²) < 4.78 is 5.38. The number of ether oxygens (including phenoxy) is 1. The van der Waals surface area contributed by atoms with E-state index in [2.05, 4.69) is 61.6 Å². The number of hydrogen-bond acceptors (Lipinski definition) is 7. The average Bonchev–Trinajstić information content (AvgIpc) is 2.77. The summed E-state index contributed by atoms with van der Waals surface area (Å²) in [6, 6.07) is 12.1. The molecule has 7 nitrogen and oxygen atoms in total. The fourth-order valence-corrected chi connectivity index (χ4v) is 2.80. The second kappa shape index (κ2) is 9.75. The lowest BCUT2D eigenvalue weighted by atomic mass is 10.1. The largest absolute Gasteiger partial charge is 0.378 e. The number of aryl methyl sites for hydroxylation is 1. The zero-order valence-electron chi connectivity index (χ0n) is 16.6. The molecule has 0 amide bonds. The van der Waals surface area contributed by atoms with Gasteiger partial charge in [0.15, 0.2) is 5.82 Å². The first-order valence-corrected chi connectivity index (χ1v) is 9.60. The predicted octanol–water partition coefficient (Wildman–Crippen LogP) is 3.85. The van der Waals surface area contributed by atoms with Crippen molar-refractivity contribution in [2.75, 3.05) is 36.5 Å². The summed E-state index contributed by atoms with van der Waals surface area (Å²) in [5, 5.41) is 11.5. The van der Waals surface area contributed by atoms with Gasteiger partial charge in [0.2, 0.25) is 5.95 Å². The molecule has 0 atom stereocenters. The lowest BCUT2D eigenvalue weighted by Crippen LogP contribution is -2.37. The number of nitrogens with zero attached hydrogens (tertiary/aromatic N) is 5. The summed E-state index contributed by atoms with van der Waals surface area (Å²) in [5.41, 5.74) is 3.33. The van der Waals surface area contributed by atoms with Crippen LogP contribution >= 0.6 is 0 Å². The number of morpholine rings is 1. The predicted molar refractivity (Wildman–Crippen MR) is 112 cm³/mol. The van der Waals surface area contributed by atoms with Crippen LogP contribution in [0.1, 0.15) is 19.4 Å². The van der Waals surface area contributed by atoms with Gasteiger partial charge in [0.1, 0.15) is 5.82 Å². The Labute approximate surface area is 165 Å². The van der Waals surface area contributed by atoms with Gasteiger partial charge < -0.3 is 15.0 Å². The summed E-state index contributed by atoms with van der Waals surface area (Å²) in [6.45, 7) is 9.07. The topological polar surface area (TPSA) is 76.1 Å². The van der Waals surface area contributed by atoms with Crippen molar-refractivity contribution in [1.82, 2.24) is 20.2 Å². The first-order valence-electron chi connectivity index (χ1n) is 9.60. The maximum Gasteiger partial charge on any atom is 0.227 e. The summed E-state index contributed by atoms with van der Waals surface area (Å²) in [7, 11) is 0. The minimum Gasteiger partial charge on any atom is -0.378 e. The molecule has 1 N–H and O–H groups in total. The zero-order valence-corrected chi connectivity index (χ0v) is 16.6. The minimum absolute atomic E-state index is 0.648. The first kappa shape index (κ1) is 19.7. The highest BCUT2D eigenvalue weighted by Gasteiger charge is 2.14. The molecule has 2 aromatic heterocycles. The number of hydrogen-bond donors (Lipinski definition) is 1. The minimum atomic E-state index is 0.648. The summed E-state index contributed by atoms with van der Waals surface area (Å²) in [4.78, 5) is 11.1. The molecule has 1 fully saturated rings. The van der Waals surface area contributed by atoms with Gasteiger partial charge in [0.25, 0.3) is 0 Å². The van der Waals surface area contributed by atoms with E-state index in [0.717, 1.165) is 24.2 Å². The van der Waals surface area contributed by atoms with Crippen LogP contribution in [-0.2, 0) is 4.74 Å². The molecule has 4 rings (SSSR count). The quantitative estimate of drug-likeness (QED) is 0.739. The van der Waals surface area contributed by atoms with Crippen LogP contribution in [0.15, 0.2) is 48.8 Å². The van der Waals surface area contributed by atoms with E-state index in [1.807, 2.05) is 26.0 Å². The monoisotopic (exact) mass is 378 g/mol. The van der Waals surface area contributed by atoms with E-state index in [9.17, 15) is 0 Å². The van der Waals surface area contributed by atoms with Crippen LogP contribution in [0, 0.1) is 6.92 Å². The zero-order chi connectivity index (χ0) is 19.8. The highest BCUT2D eigenvalue weighted by Crippen LogP contribution is 2.22. The van der Waals surface area contributed by atoms with E-state index in [1.54, 1.807) is 12.4 Å². The van der Waals surface area contributed by atoms with Crippen molar-refractivity contribution in [1.29, 1.82) is 0 Å². The standard InChI is InChI=1S/C19H20N6O.C2H6/c1-14-2-4-15(5-3-14)16-12-18(24-21-13-16)22-17-6-7-20-19(23-17)25-8-10-26-11-9-25;1-2/h2-7,12-13H,8-11H2,1H3,(H,20,22,23,24);1-2H3. The van der Waals surface area contributed by atoms with Gasteiger partial charge in [-0.25, -0.2) is 4.98 Å². The fraction of sp³-hybridized carbons (Fsp3) is 0.333. The molecule has 0 unspecified atom stereocenters. The van der Waals surface area contributed by atoms with Crippen LogP contribution in [0.25, 0.3) is 11.1 Å². The van der Waals surface area contributed by atoms with Crippen LogP contribution in [-0.4, -0.2) is 46.5 Å². The Morgan fingerprint density at radius 3 is 2.46 bits per heavy atom. The van der Waals surface area contributed by atoms with Crippen LogP contribution in [0.3, 0.4) is 0 Å². The Morgan fingerprint density at radius 1 is 0.964 bits per heavy atom. The summed E-state index contributed by atoms with van der Waals surface area (Å²) in [5.74, 6) is 2.03. The molecule has 28 heavy (non-hydrogen) atoms. The molecule has 0 aliphatic carbocycles. The van der Waals surface area contributed by atoms with Crippen molar-refractivity contribution >= 4 is 17.6 Å². The molecule has 3 aromatic rings. The lowest BCUT2D eigenvalue weighted by molar-refractivity contribution is 0.122. The maximum absolute atomic E-state index is 5.38. The van der Waals surface area contributed by atoms with Gasteiger partial charge >= 0.3 is 0 Å². The van der Waals surface area contributed by atoms with Crippen molar-refractivity contribution in [3.05, 3.63) is 54.4 Å². The van der Waals surface area contributed by atoms with Gasteiger partial charge in [-0.1, -0.05) is 43.7 Å². The molecule has 3 heterocycles. The number of nitrogens with one attached hydrogen (secondary N) is 1. The third-order valence-corrected chi connectivity index (χ3v) is 4.23. The van der Waals surface area contributed by atoms with E-state index < -0.39 is 0 Å². The van der Waals surface area contributed by atoms with Gasteiger partial charge in [-0.05, 0) is 24.6 Å². The Bertz CT molecular complexity index is 878. The summed E-state index contributed by atoms with van der Waals surface area (Å²) in [6.07, 6.45) is 3.51. The van der Waals surface area contributed by atoms with Gasteiger partial charge in [-0.15, -0.1) is 5.10 Å². The molecule has 146 valence electrons. The third-order valence-electron chi connectivity index (χ3n) is 4.23. The van der Waals surface area contributed by atoms with E-state index >= 15 is 0 Å². The van der Waals surface area contributed by atoms with Crippen molar-refractivity contribution in [3.63, 3.8) is 0 Å². The molecule has 0 saturated carbocycles. The Kier molecular flexibility index (Phi) is 6.86. The Balaban J connectivity index is 0.00000109. The van der Waals surface area contributed by atoms with E-state index in [-0.39, 0.29) is 0 Å². The van der Waals surface area contributed by atoms with Crippen LogP contribution < -0.4 is 10.2 Å². The normalized spacial score (nSPS) is 13.5. The second-order valence-corrected chi connectivity index (χ2v) is 6.16. The number of benzene rings is 1. The maximum atomic E-state index is 5.38. The van der Waals surface area contributed by atoms with Gasteiger partial charge in [0, 0.05) is 24.8 Å². The van der Waals surface area contributed by atoms with Gasteiger partial charge in [0.05, 0.1) is 19.4 Å². The molecule has 1 aliphatic rings. The molecule has 0 bridgehead atoms. The number of anilines is 3. The molecule has 7 heteroatoms. The summed E-state index contributed by atoms with van der Waals surface area (Å²) >= 11 is 0. The van der Waals surface area contributed by atoms with Crippen molar-refractivity contribution in [2.45, 2.75) is 20.8 Å². The highest BCUT2D eigenvalue weighted by atomic mass is 16.5. The lowest BCUT2D eigenvalue weighted by Gasteiger charge is -2.26. The smallest absolute Gasteiger partial charge is 0.227 e. The van der Waals surface area contributed by atoms with E-state index in [0.29, 0.717) is 30.8 Å². The van der Waals surface area contributed by atoms with E-state index in [4.69, 9.17) is 4.74 Å². The van der Waals surface area contributed by atoms with Gasteiger partial charge in [-0.3, -0.25) is 0 Å². The Hall–Kier alpha value is -3.06. The molecule has 1 aliphatic heterocycles. The number of aromatic nitrogens is 4. The molecule has 0 radical (unpaired) electrons. The fourth-order valence-electron chi connectivity index (χ4n) is 2.80. The van der Waals surface area contributed by atoms with Gasteiger partial charge in [-0.2, -0.15) is 10.1 Å². The molecule has 1 saturated heterocycles. The Morgan fingerprint density at radius 2 is 1.71 bits per heavy atom. The van der Waals surface area contributed by atoms with Crippen LogP contribution in [0.2, 0.25) is 0 Å². The molecule has 1 aromatic carbocycles. The van der Waals surface area contributed by atoms with Crippen molar-refractivity contribution in [2.24, 2.45) is 0 Å². The molecular weight excluding hydrogens is 352 g/mol. The van der Waals surface area contributed by atoms with Crippen LogP contribution in [0.4, 0.5) is 17.6 Å². The van der Waals surface area contributed by atoms with Crippen molar-refractivity contribution < 1.29 is 4.74 Å². The third kappa shape index (κ3) is 5.01. The molecule has 0 spiro atoms. The molecular formula is C21H26N6O. The average molecular weight is 378 g/mol. The van der Waals surface area contributed by atoms with Crippen molar-refractivity contribution in [3.8, 4) is 11.1 Å². The van der Waals surface area contributed by atoms with E-state index in [1.165, 1.54) is 5.56 Å².